The number of piperazine rings is 1. The predicted molar refractivity (Wildman–Crippen MR) is 125 cm³/mol. The van der Waals surface area contributed by atoms with E-state index in [1.54, 1.807) is 11.3 Å². The summed E-state index contributed by atoms with van der Waals surface area (Å²) in [6, 6.07) is 4.57. The first-order valence-electron chi connectivity index (χ1n) is 9.60. The van der Waals surface area contributed by atoms with Gasteiger partial charge < -0.3 is 15.0 Å². The van der Waals surface area contributed by atoms with Crippen LogP contribution >= 0.6 is 36.2 Å². The van der Waals surface area contributed by atoms with E-state index in [9.17, 15) is 0 Å². The summed E-state index contributed by atoms with van der Waals surface area (Å²) in [6.07, 6.45) is 4.96. The van der Waals surface area contributed by atoms with Crippen molar-refractivity contribution in [1.82, 2.24) is 19.8 Å². The Morgan fingerprint density at radius 1 is 1.31 bits per heavy atom. The molecule has 1 N–H and O–H groups in total. The molecule has 4 rings (SSSR count). The number of rotatable bonds is 5. The molecule has 1 fully saturated rings. The van der Waals surface area contributed by atoms with Gasteiger partial charge in [0.25, 0.3) is 0 Å². The van der Waals surface area contributed by atoms with E-state index in [1.165, 1.54) is 0 Å². The predicted octanol–water partition coefficient (Wildman–Crippen LogP) is 2.05. The molecule has 0 radical (unpaired) electrons. The molecule has 4 heterocycles. The molecule has 1 unspecified atom stereocenters. The zero-order valence-electron chi connectivity index (χ0n) is 17.1. The quantitative estimate of drug-likeness (QED) is 0.693. The van der Waals surface area contributed by atoms with Gasteiger partial charge in [0.2, 0.25) is 0 Å². The van der Waals surface area contributed by atoms with E-state index in [0.717, 1.165) is 71.2 Å². The van der Waals surface area contributed by atoms with E-state index >= 15 is 0 Å². The van der Waals surface area contributed by atoms with Crippen molar-refractivity contribution in [2.45, 2.75) is 26.3 Å². The Bertz CT molecular complexity index is 935. The van der Waals surface area contributed by atoms with Crippen molar-refractivity contribution in [1.29, 1.82) is 0 Å². The van der Waals surface area contributed by atoms with Gasteiger partial charge in [-0.2, -0.15) is 0 Å². The van der Waals surface area contributed by atoms with Crippen LogP contribution in [0.25, 0.3) is 11.9 Å². The summed E-state index contributed by atoms with van der Waals surface area (Å²) in [5.41, 5.74) is 2.18. The molecule has 9 heteroatoms. The molecular formula is C20H29Cl2N5OS. The number of nitrogens with one attached hydrogen (secondary N) is 1. The average molecular weight is 458 g/mol. The normalized spacial score (nSPS) is 18.4. The Morgan fingerprint density at radius 3 is 2.93 bits per heavy atom. The highest BCUT2D eigenvalue weighted by Crippen LogP contribution is 2.32. The third-order valence-corrected chi connectivity index (χ3v) is 6.18. The number of aromatic nitrogens is 2. The van der Waals surface area contributed by atoms with Crippen molar-refractivity contribution < 1.29 is 4.74 Å². The van der Waals surface area contributed by atoms with Crippen LogP contribution in [-0.2, 0) is 4.74 Å². The van der Waals surface area contributed by atoms with Gasteiger partial charge >= 0.3 is 0 Å². The highest BCUT2D eigenvalue weighted by atomic mass is 35.5. The molecule has 2 aliphatic rings. The second-order valence-electron chi connectivity index (χ2n) is 7.06. The Morgan fingerprint density at radius 2 is 2.14 bits per heavy atom. The van der Waals surface area contributed by atoms with E-state index in [4.69, 9.17) is 14.7 Å². The van der Waals surface area contributed by atoms with Gasteiger partial charge in [-0.1, -0.05) is 0 Å². The van der Waals surface area contributed by atoms with E-state index in [0.29, 0.717) is 6.04 Å². The third kappa shape index (κ3) is 5.03. The summed E-state index contributed by atoms with van der Waals surface area (Å²) in [5, 5.41) is 7.74. The van der Waals surface area contributed by atoms with Gasteiger partial charge in [0.05, 0.1) is 16.1 Å². The van der Waals surface area contributed by atoms with Gasteiger partial charge in [-0.25, -0.2) is 4.98 Å². The molecule has 0 spiro atoms. The minimum absolute atomic E-state index is 0. The van der Waals surface area contributed by atoms with Crippen LogP contribution in [0, 0.1) is 6.92 Å². The lowest BCUT2D eigenvalue weighted by atomic mass is 10.1. The van der Waals surface area contributed by atoms with Crippen molar-refractivity contribution in [2.75, 3.05) is 45.2 Å². The SMILES string of the molecule is CCOCCC1CN(C2=c3ncccc3=CNc3sc(C)nc32)CCN1C.Cl.Cl. The van der Waals surface area contributed by atoms with Gasteiger partial charge in [-0.05, 0) is 39.4 Å². The third-order valence-electron chi connectivity index (χ3n) is 5.27. The fourth-order valence-electron chi connectivity index (χ4n) is 3.80. The number of anilines is 1. The van der Waals surface area contributed by atoms with E-state index < -0.39 is 0 Å². The largest absolute Gasteiger partial charge is 0.382 e. The van der Waals surface area contributed by atoms with Crippen LogP contribution in [-0.4, -0.2) is 65.7 Å². The van der Waals surface area contributed by atoms with E-state index in [-0.39, 0.29) is 24.8 Å². The maximum absolute atomic E-state index is 5.61. The summed E-state index contributed by atoms with van der Waals surface area (Å²) >= 11 is 1.70. The zero-order chi connectivity index (χ0) is 18.8. The van der Waals surface area contributed by atoms with Crippen molar-refractivity contribution >= 4 is 53.0 Å². The maximum atomic E-state index is 5.61. The van der Waals surface area contributed by atoms with Crippen LogP contribution in [0.5, 0.6) is 0 Å². The highest BCUT2D eigenvalue weighted by Gasteiger charge is 2.29. The highest BCUT2D eigenvalue weighted by molar-refractivity contribution is 7.16. The molecule has 2 aromatic heterocycles. The van der Waals surface area contributed by atoms with Crippen LogP contribution in [0.15, 0.2) is 18.3 Å². The monoisotopic (exact) mass is 457 g/mol. The molecule has 1 atom stereocenters. The molecule has 1 saturated heterocycles. The number of hydrogen-bond acceptors (Lipinski definition) is 7. The molecule has 0 aromatic carbocycles. The average Bonchev–Trinajstić information content (AvgIpc) is 2.96. The van der Waals surface area contributed by atoms with Crippen molar-refractivity contribution in [3.8, 4) is 0 Å². The molecule has 0 saturated carbocycles. The minimum Gasteiger partial charge on any atom is -0.382 e. The Balaban J connectivity index is 0.00000150. The fourth-order valence-corrected chi connectivity index (χ4v) is 4.59. The van der Waals surface area contributed by atoms with E-state index in [1.807, 2.05) is 12.3 Å². The molecule has 2 aliphatic heterocycles. The van der Waals surface area contributed by atoms with Gasteiger partial charge in [-0.3, -0.25) is 9.88 Å². The molecule has 0 amide bonds. The standard InChI is InChI=1S/C20H27N5OS.2ClH/c1-4-26-11-7-16-13-25(10-9-24(16)3)19-17-15(6-5-8-21-17)12-22-20-18(19)23-14(2)27-20;;/h5-6,8,12,16,22H,4,7,9-11,13H2,1-3H3;2*1H. The summed E-state index contributed by atoms with van der Waals surface area (Å²) in [6.45, 7) is 8.66. The molecule has 2 aromatic rings. The summed E-state index contributed by atoms with van der Waals surface area (Å²) < 4.78 is 5.61. The number of halogens is 2. The van der Waals surface area contributed by atoms with Gasteiger partial charge in [0.1, 0.15) is 10.7 Å². The molecule has 29 heavy (non-hydrogen) atoms. The lowest BCUT2D eigenvalue weighted by Gasteiger charge is -2.41. The topological polar surface area (TPSA) is 53.5 Å². The summed E-state index contributed by atoms with van der Waals surface area (Å²) in [7, 11) is 2.21. The first-order valence-corrected chi connectivity index (χ1v) is 10.4. The van der Waals surface area contributed by atoms with Crippen molar-refractivity contribution in [2.24, 2.45) is 0 Å². The molecular weight excluding hydrogens is 429 g/mol. The minimum atomic E-state index is 0. The van der Waals surface area contributed by atoms with Crippen LogP contribution < -0.4 is 15.9 Å². The molecule has 0 bridgehead atoms. The number of likely N-dealkylation sites (N-methyl/N-ethyl adjacent to an activating group) is 1. The second kappa shape index (κ2) is 10.6. The van der Waals surface area contributed by atoms with Gasteiger partial charge in [0, 0.05) is 56.5 Å². The van der Waals surface area contributed by atoms with Crippen LogP contribution in [0.3, 0.4) is 0 Å². The summed E-state index contributed by atoms with van der Waals surface area (Å²) in [4.78, 5) is 14.5. The van der Waals surface area contributed by atoms with Crippen LogP contribution in [0.4, 0.5) is 5.00 Å². The fraction of sp³-hybridized carbons (Fsp3) is 0.500. The molecule has 6 nitrogen and oxygen atoms in total. The molecule has 0 aliphatic carbocycles. The van der Waals surface area contributed by atoms with Gasteiger partial charge in [-0.15, -0.1) is 36.2 Å². The maximum Gasteiger partial charge on any atom is 0.124 e. The van der Waals surface area contributed by atoms with Crippen LogP contribution in [0.1, 0.15) is 24.0 Å². The first kappa shape index (κ1) is 23.9. The van der Waals surface area contributed by atoms with Crippen molar-refractivity contribution in [3.63, 3.8) is 0 Å². The summed E-state index contributed by atoms with van der Waals surface area (Å²) in [5.74, 6) is 0. The first-order chi connectivity index (χ1) is 13.2. The second-order valence-corrected chi connectivity index (χ2v) is 8.26. The number of hydrogen-bond donors (Lipinski definition) is 1. The Hall–Kier alpha value is -1.38. The van der Waals surface area contributed by atoms with Crippen molar-refractivity contribution in [3.05, 3.63) is 39.6 Å². The smallest absolute Gasteiger partial charge is 0.124 e. The number of thiazole rings is 1. The zero-order valence-corrected chi connectivity index (χ0v) is 19.5. The molecule has 160 valence electrons. The Labute approximate surface area is 188 Å². The number of ether oxygens (including phenoxy) is 1. The lowest BCUT2D eigenvalue weighted by Crippen LogP contribution is -2.52. The lowest BCUT2D eigenvalue weighted by molar-refractivity contribution is 0.0812. The number of fused-ring (bicyclic) bond motifs is 2. The Kier molecular flexibility index (Phi) is 8.73. The number of nitrogens with zero attached hydrogens (tertiary/aromatic N) is 4. The number of pyridine rings is 1. The van der Waals surface area contributed by atoms with Crippen LogP contribution in [0.2, 0.25) is 0 Å². The number of aryl methyl sites for hydroxylation is 1. The van der Waals surface area contributed by atoms with E-state index in [2.05, 4.69) is 48.3 Å². The van der Waals surface area contributed by atoms with Gasteiger partial charge in [0.15, 0.2) is 0 Å².